The van der Waals surface area contributed by atoms with Crippen LogP contribution in [0.5, 0.6) is 0 Å². The molecule has 15 heavy (non-hydrogen) atoms. The Morgan fingerprint density at radius 2 is 2.33 bits per heavy atom. The number of nitrogens with one attached hydrogen (secondary N) is 2. The second-order valence-corrected chi connectivity index (χ2v) is 4.65. The molecule has 0 bridgehead atoms. The molecule has 4 heteroatoms. The lowest BCUT2D eigenvalue weighted by atomic mass is 10.2. The van der Waals surface area contributed by atoms with Crippen LogP contribution in [0.2, 0.25) is 0 Å². The average molecular weight is 228 g/mol. The first kappa shape index (κ1) is 14.2. The van der Waals surface area contributed by atoms with Crippen molar-refractivity contribution in [1.82, 2.24) is 10.6 Å². The molecule has 1 atom stereocenters. The smallest absolute Gasteiger partial charge is 0.315 e. The van der Waals surface area contributed by atoms with E-state index < -0.39 is 0 Å². The Labute approximate surface area is 96.8 Å². The molecule has 0 rings (SSSR count). The van der Waals surface area contributed by atoms with Gasteiger partial charge in [0.15, 0.2) is 0 Å². The van der Waals surface area contributed by atoms with E-state index in [1.165, 1.54) is 0 Å². The first-order valence-corrected chi connectivity index (χ1v) is 6.41. The monoisotopic (exact) mass is 228 g/mol. The second-order valence-electron chi connectivity index (χ2n) is 3.26. The van der Waals surface area contributed by atoms with Crippen LogP contribution in [0.25, 0.3) is 0 Å². The van der Waals surface area contributed by atoms with Crippen molar-refractivity contribution in [1.29, 1.82) is 0 Å². The first-order chi connectivity index (χ1) is 7.20. The molecule has 0 fully saturated rings. The summed E-state index contributed by atoms with van der Waals surface area (Å²) in [5, 5.41) is 5.57. The fraction of sp³-hybridized carbons (Fsp3) is 0.727. The Kier molecular flexibility index (Phi) is 9.19. The number of hydrogen-bond donors (Lipinski definition) is 2. The predicted molar refractivity (Wildman–Crippen MR) is 67.1 cm³/mol. The fourth-order valence-corrected chi connectivity index (χ4v) is 1.66. The third-order valence-corrected chi connectivity index (χ3v) is 2.74. The van der Waals surface area contributed by atoms with Gasteiger partial charge in [-0.3, -0.25) is 0 Å². The molecule has 0 heterocycles. The molecule has 2 amide bonds. The largest absolute Gasteiger partial charge is 0.338 e. The van der Waals surface area contributed by atoms with Crippen LogP contribution < -0.4 is 10.6 Å². The van der Waals surface area contributed by atoms with Gasteiger partial charge in [-0.25, -0.2) is 4.79 Å². The highest BCUT2D eigenvalue weighted by atomic mass is 32.2. The van der Waals surface area contributed by atoms with Gasteiger partial charge in [-0.1, -0.05) is 6.92 Å². The third kappa shape index (κ3) is 9.48. The SMILES string of the molecule is C#CC[C@H](C)NC(=O)NCCCSCC. The molecule has 0 spiro atoms. The second kappa shape index (κ2) is 9.72. The molecule has 0 aromatic heterocycles. The molecule has 2 N–H and O–H groups in total. The summed E-state index contributed by atoms with van der Waals surface area (Å²) in [6.45, 7) is 4.75. The molecule has 0 aromatic carbocycles. The summed E-state index contributed by atoms with van der Waals surface area (Å²) in [4.78, 5) is 11.3. The van der Waals surface area contributed by atoms with Gasteiger partial charge < -0.3 is 10.6 Å². The summed E-state index contributed by atoms with van der Waals surface area (Å²) in [6, 6.07) is -0.0840. The maximum absolute atomic E-state index is 11.3. The molecular formula is C11H20N2OS. The van der Waals surface area contributed by atoms with Crippen LogP contribution >= 0.6 is 11.8 Å². The van der Waals surface area contributed by atoms with E-state index in [2.05, 4.69) is 23.5 Å². The van der Waals surface area contributed by atoms with Crippen LogP contribution in [0, 0.1) is 12.3 Å². The lowest BCUT2D eigenvalue weighted by Gasteiger charge is -2.11. The number of urea groups is 1. The van der Waals surface area contributed by atoms with Gasteiger partial charge in [0.25, 0.3) is 0 Å². The fourth-order valence-electron chi connectivity index (χ4n) is 1.02. The van der Waals surface area contributed by atoms with Gasteiger partial charge in [-0.15, -0.1) is 12.3 Å². The Bertz CT molecular complexity index is 213. The van der Waals surface area contributed by atoms with E-state index in [9.17, 15) is 4.79 Å². The Morgan fingerprint density at radius 1 is 1.60 bits per heavy atom. The number of thioether (sulfide) groups is 1. The number of carbonyl (C=O) groups excluding carboxylic acids is 1. The van der Waals surface area contributed by atoms with Crippen LogP contribution in [0.15, 0.2) is 0 Å². The van der Waals surface area contributed by atoms with E-state index >= 15 is 0 Å². The molecule has 0 aliphatic rings. The van der Waals surface area contributed by atoms with Crippen molar-refractivity contribution in [2.24, 2.45) is 0 Å². The number of terminal acetylenes is 1. The highest BCUT2D eigenvalue weighted by Crippen LogP contribution is 1.99. The normalized spacial score (nSPS) is 11.5. The lowest BCUT2D eigenvalue weighted by Crippen LogP contribution is -2.41. The summed E-state index contributed by atoms with van der Waals surface area (Å²) >= 11 is 1.88. The zero-order valence-corrected chi connectivity index (χ0v) is 10.3. The number of amides is 2. The number of carbonyl (C=O) groups is 1. The predicted octanol–water partition coefficient (Wildman–Crippen LogP) is 1.84. The van der Waals surface area contributed by atoms with Crippen LogP contribution in [0.3, 0.4) is 0 Å². The minimum atomic E-state index is -0.126. The van der Waals surface area contributed by atoms with Gasteiger partial charge in [0, 0.05) is 19.0 Å². The maximum atomic E-state index is 11.3. The molecule has 0 aliphatic carbocycles. The van der Waals surface area contributed by atoms with Gasteiger partial charge in [0.05, 0.1) is 0 Å². The van der Waals surface area contributed by atoms with Crippen LogP contribution in [0.4, 0.5) is 4.79 Å². The van der Waals surface area contributed by atoms with Gasteiger partial charge in [0.1, 0.15) is 0 Å². The van der Waals surface area contributed by atoms with E-state index in [0.717, 1.165) is 24.5 Å². The summed E-state index contributed by atoms with van der Waals surface area (Å²) in [5.74, 6) is 4.74. The molecule has 0 aliphatic heterocycles. The summed E-state index contributed by atoms with van der Waals surface area (Å²) < 4.78 is 0. The quantitative estimate of drug-likeness (QED) is 0.516. The van der Waals surface area contributed by atoms with Gasteiger partial charge in [-0.2, -0.15) is 11.8 Å². The molecule has 0 unspecified atom stereocenters. The lowest BCUT2D eigenvalue weighted by molar-refractivity contribution is 0.238. The molecule has 0 saturated carbocycles. The molecule has 3 nitrogen and oxygen atoms in total. The van der Waals surface area contributed by atoms with Crippen molar-refractivity contribution in [3.8, 4) is 12.3 Å². The van der Waals surface area contributed by atoms with Crippen LogP contribution in [-0.4, -0.2) is 30.1 Å². The third-order valence-electron chi connectivity index (χ3n) is 1.76. The zero-order chi connectivity index (χ0) is 11.5. The Balaban J connectivity index is 3.37. The van der Waals surface area contributed by atoms with Crippen molar-refractivity contribution in [3.05, 3.63) is 0 Å². The molecular weight excluding hydrogens is 208 g/mol. The van der Waals surface area contributed by atoms with E-state index in [4.69, 9.17) is 6.42 Å². The van der Waals surface area contributed by atoms with Crippen LogP contribution in [-0.2, 0) is 0 Å². The minimum Gasteiger partial charge on any atom is -0.338 e. The van der Waals surface area contributed by atoms with E-state index in [0.29, 0.717) is 6.42 Å². The highest BCUT2D eigenvalue weighted by molar-refractivity contribution is 7.99. The van der Waals surface area contributed by atoms with E-state index in [1.807, 2.05) is 18.7 Å². The van der Waals surface area contributed by atoms with Crippen molar-refractivity contribution in [2.45, 2.75) is 32.7 Å². The topological polar surface area (TPSA) is 41.1 Å². The highest BCUT2D eigenvalue weighted by Gasteiger charge is 2.04. The van der Waals surface area contributed by atoms with Crippen molar-refractivity contribution in [2.75, 3.05) is 18.1 Å². The minimum absolute atomic E-state index is 0.0417. The van der Waals surface area contributed by atoms with E-state index in [1.54, 1.807) is 0 Å². The number of hydrogen-bond acceptors (Lipinski definition) is 2. The maximum Gasteiger partial charge on any atom is 0.315 e. The number of rotatable bonds is 7. The summed E-state index contributed by atoms with van der Waals surface area (Å²) in [5.41, 5.74) is 0. The summed E-state index contributed by atoms with van der Waals surface area (Å²) in [6.07, 6.45) is 6.71. The molecule has 0 saturated heterocycles. The Hall–Kier alpha value is -0.820. The standard InChI is InChI=1S/C11H20N2OS/c1-4-7-10(3)13-11(14)12-8-6-9-15-5-2/h1,10H,5-9H2,2-3H3,(H2,12,13,14)/t10-/m0/s1. The van der Waals surface area contributed by atoms with Crippen molar-refractivity contribution < 1.29 is 4.79 Å². The average Bonchev–Trinajstić information content (AvgIpc) is 2.17. The Morgan fingerprint density at radius 3 is 2.93 bits per heavy atom. The van der Waals surface area contributed by atoms with Crippen LogP contribution in [0.1, 0.15) is 26.7 Å². The first-order valence-electron chi connectivity index (χ1n) is 5.26. The molecule has 0 radical (unpaired) electrons. The van der Waals surface area contributed by atoms with Crippen molar-refractivity contribution >= 4 is 17.8 Å². The van der Waals surface area contributed by atoms with Crippen molar-refractivity contribution in [3.63, 3.8) is 0 Å². The van der Waals surface area contributed by atoms with E-state index in [-0.39, 0.29) is 12.1 Å². The van der Waals surface area contributed by atoms with Gasteiger partial charge in [-0.05, 0) is 24.9 Å². The molecule has 0 aromatic rings. The molecule has 86 valence electrons. The van der Waals surface area contributed by atoms with Gasteiger partial charge >= 0.3 is 6.03 Å². The zero-order valence-electron chi connectivity index (χ0n) is 9.51. The summed E-state index contributed by atoms with van der Waals surface area (Å²) in [7, 11) is 0. The van der Waals surface area contributed by atoms with Gasteiger partial charge in [0.2, 0.25) is 0 Å².